The lowest BCUT2D eigenvalue weighted by Gasteiger charge is -2.14. The molecule has 6 nitrogen and oxygen atoms in total. The van der Waals surface area contributed by atoms with Crippen LogP contribution < -0.4 is 10.1 Å². The van der Waals surface area contributed by atoms with Crippen LogP contribution in [0.1, 0.15) is 0 Å². The number of hydrogen-bond acceptors (Lipinski definition) is 4. The van der Waals surface area contributed by atoms with Gasteiger partial charge in [0.2, 0.25) is 0 Å². The van der Waals surface area contributed by atoms with E-state index in [0.717, 1.165) is 4.90 Å². The minimum atomic E-state index is -0.740. The molecule has 0 radical (unpaired) electrons. The molecule has 0 aliphatic rings. The molecule has 0 aliphatic carbocycles. The summed E-state index contributed by atoms with van der Waals surface area (Å²) in [6, 6.07) is 6.63. The first kappa shape index (κ1) is 14.0. The maximum Gasteiger partial charge on any atom is 0.313 e. The summed E-state index contributed by atoms with van der Waals surface area (Å²) in [5.41, 5.74) is 0.506. The van der Waals surface area contributed by atoms with Crippen LogP contribution in [-0.2, 0) is 9.59 Å². The molecule has 0 saturated heterocycles. The summed E-state index contributed by atoms with van der Waals surface area (Å²) in [5, 5.41) is 11.1. The number of rotatable bonds is 4. The summed E-state index contributed by atoms with van der Waals surface area (Å²) in [7, 11) is 2.99. The van der Waals surface area contributed by atoms with Gasteiger partial charge in [0.05, 0.1) is 13.7 Å². The highest BCUT2D eigenvalue weighted by atomic mass is 16.5. The third-order valence-corrected chi connectivity index (χ3v) is 2.32. The average molecular weight is 252 g/mol. The summed E-state index contributed by atoms with van der Waals surface area (Å²) < 4.78 is 4.98. The first-order valence-corrected chi connectivity index (χ1v) is 5.40. The lowest BCUT2D eigenvalue weighted by atomic mass is 10.3. The number of aliphatic hydroxyl groups excluding tert-OH is 1. The number of anilines is 1. The molecule has 0 aromatic heterocycles. The minimum absolute atomic E-state index is 0.120. The van der Waals surface area contributed by atoms with E-state index in [2.05, 4.69) is 5.32 Å². The van der Waals surface area contributed by atoms with E-state index in [1.54, 1.807) is 31.4 Å². The van der Waals surface area contributed by atoms with E-state index in [4.69, 9.17) is 9.84 Å². The van der Waals surface area contributed by atoms with Crippen molar-refractivity contribution in [2.45, 2.75) is 0 Å². The van der Waals surface area contributed by atoms with Gasteiger partial charge in [-0.2, -0.15) is 0 Å². The van der Waals surface area contributed by atoms with E-state index in [1.807, 2.05) is 0 Å². The fourth-order valence-electron chi connectivity index (χ4n) is 1.28. The molecule has 18 heavy (non-hydrogen) atoms. The number of carbonyl (C=O) groups is 2. The van der Waals surface area contributed by atoms with Crippen LogP contribution in [0.3, 0.4) is 0 Å². The highest BCUT2D eigenvalue weighted by molar-refractivity contribution is 6.39. The van der Waals surface area contributed by atoms with Crippen LogP contribution in [0.5, 0.6) is 5.75 Å². The topological polar surface area (TPSA) is 78.9 Å². The molecule has 1 aromatic carbocycles. The number of methoxy groups -OCH3 is 1. The van der Waals surface area contributed by atoms with E-state index < -0.39 is 11.8 Å². The van der Waals surface area contributed by atoms with Crippen molar-refractivity contribution >= 4 is 17.5 Å². The number of hydrogen-bond donors (Lipinski definition) is 2. The Morgan fingerprint density at radius 1 is 1.33 bits per heavy atom. The van der Waals surface area contributed by atoms with Crippen molar-refractivity contribution in [1.29, 1.82) is 0 Å². The van der Waals surface area contributed by atoms with Crippen molar-refractivity contribution in [3.63, 3.8) is 0 Å². The average Bonchev–Trinajstić information content (AvgIpc) is 2.39. The summed E-state index contributed by atoms with van der Waals surface area (Å²) in [5.74, 6) is -0.771. The molecule has 0 unspecified atom stereocenters. The Morgan fingerprint density at radius 3 is 2.44 bits per heavy atom. The number of amides is 2. The molecule has 2 N–H and O–H groups in total. The lowest BCUT2D eigenvalue weighted by molar-refractivity contribution is -0.142. The van der Waals surface area contributed by atoms with Gasteiger partial charge in [-0.15, -0.1) is 0 Å². The molecular weight excluding hydrogens is 236 g/mol. The Labute approximate surface area is 105 Å². The third kappa shape index (κ3) is 3.74. The third-order valence-electron chi connectivity index (χ3n) is 2.32. The second kappa shape index (κ2) is 6.61. The van der Waals surface area contributed by atoms with Crippen LogP contribution in [0.25, 0.3) is 0 Å². The van der Waals surface area contributed by atoms with Crippen molar-refractivity contribution in [2.75, 3.05) is 32.6 Å². The SMILES string of the molecule is COc1ccc(NC(=O)C(=O)N(C)CCO)cc1. The summed E-state index contributed by atoms with van der Waals surface area (Å²) >= 11 is 0. The second-order valence-electron chi connectivity index (χ2n) is 3.63. The van der Waals surface area contributed by atoms with Gasteiger partial charge in [-0.1, -0.05) is 0 Å². The molecule has 1 aromatic rings. The Bertz CT molecular complexity index is 417. The van der Waals surface area contributed by atoms with Gasteiger partial charge >= 0.3 is 11.8 Å². The Morgan fingerprint density at radius 2 is 1.94 bits per heavy atom. The zero-order chi connectivity index (χ0) is 13.5. The molecule has 2 amide bonds. The maximum absolute atomic E-state index is 11.6. The molecule has 0 bridgehead atoms. The van der Waals surface area contributed by atoms with E-state index in [1.165, 1.54) is 7.05 Å². The fourth-order valence-corrected chi connectivity index (χ4v) is 1.28. The molecule has 0 saturated carbocycles. The van der Waals surface area contributed by atoms with Gasteiger partial charge in [0.15, 0.2) is 0 Å². The van der Waals surface area contributed by atoms with Gasteiger partial charge in [0.1, 0.15) is 5.75 Å². The zero-order valence-electron chi connectivity index (χ0n) is 10.3. The van der Waals surface area contributed by atoms with Crippen molar-refractivity contribution in [3.8, 4) is 5.75 Å². The van der Waals surface area contributed by atoms with E-state index in [-0.39, 0.29) is 13.2 Å². The number of benzene rings is 1. The summed E-state index contributed by atoms with van der Waals surface area (Å²) in [6.07, 6.45) is 0. The van der Waals surface area contributed by atoms with Crippen LogP contribution in [0.15, 0.2) is 24.3 Å². The quantitative estimate of drug-likeness (QED) is 0.744. The predicted octanol–water partition coefficient (Wildman–Crippen LogP) is 0.0844. The number of nitrogens with one attached hydrogen (secondary N) is 1. The van der Waals surface area contributed by atoms with Gasteiger partial charge in [-0.3, -0.25) is 9.59 Å². The molecule has 98 valence electrons. The van der Waals surface area contributed by atoms with Crippen molar-refractivity contribution in [2.24, 2.45) is 0 Å². The number of nitrogens with zero attached hydrogens (tertiary/aromatic N) is 1. The molecule has 1 rings (SSSR count). The fraction of sp³-hybridized carbons (Fsp3) is 0.333. The summed E-state index contributed by atoms with van der Waals surface area (Å²) in [4.78, 5) is 24.3. The van der Waals surface area contributed by atoms with E-state index in [9.17, 15) is 9.59 Å². The Hall–Kier alpha value is -2.08. The zero-order valence-corrected chi connectivity index (χ0v) is 10.3. The molecule has 0 aliphatic heterocycles. The Kier molecular flexibility index (Phi) is 5.13. The molecule has 0 atom stereocenters. The van der Waals surface area contributed by atoms with Crippen molar-refractivity contribution in [1.82, 2.24) is 4.90 Å². The van der Waals surface area contributed by atoms with Crippen LogP contribution >= 0.6 is 0 Å². The van der Waals surface area contributed by atoms with Gasteiger partial charge < -0.3 is 20.1 Å². The van der Waals surface area contributed by atoms with Crippen LogP contribution in [0.4, 0.5) is 5.69 Å². The van der Waals surface area contributed by atoms with Crippen LogP contribution in [0, 0.1) is 0 Å². The number of carbonyl (C=O) groups excluding carboxylic acids is 2. The summed E-state index contributed by atoms with van der Waals surface area (Å²) in [6.45, 7) is -0.0626. The molecule has 0 spiro atoms. The maximum atomic E-state index is 11.6. The monoisotopic (exact) mass is 252 g/mol. The molecule has 0 fully saturated rings. The number of aliphatic hydroxyl groups is 1. The van der Waals surface area contributed by atoms with Crippen LogP contribution in [-0.4, -0.2) is 49.1 Å². The van der Waals surface area contributed by atoms with Gasteiger partial charge in [-0.25, -0.2) is 0 Å². The smallest absolute Gasteiger partial charge is 0.313 e. The van der Waals surface area contributed by atoms with Crippen LogP contribution in [0.2, 0.25) is 0 Å². The predicted molar refractivity (Wildman–Crippen MR) is 66.3 cm³/mol. The van der Waals surface area contributed by atoms with Gasteiger partial charge in [-0.05, 0) is 24.3 Å². The van der Waals surface area contributed by atoms with E-state index in [0.29, 0.717) is 11.4 Å². The highest BCUT2D eigenvalue weighted by Crippen LogP contribution is 2.14. The normalized spacial score (nSPS) is 9.72. The first-order valence-electron chi connectivity index (χ1n) is 5.40. The minimum Gasteiger partial charge on any atom is -0.497 e. The van der Waals surface area contributed by atoms with Gasteiger partial charge in [0.25, 0.3) is 0 Å². The van der Waals surface area contributed by atoms with Crippen molar-refractivity contribution < 1.29 is 19.4 Å². The first-order chi connectivity index (χ1) is 8.58. The largest absolute Gasteiger partial charge is 0.497 e. The molecular formula is C12H16N2O4. The van der Waals surface area contributed by atoms with Gasteiger partial charge in [0, 0.05) is 19.3 Å². The van der Waals surface area contributed by atoms with E-state index >= 15 is 0 Å². The molecule has 0 heterocycles. The highest BCUT2D eigenvalue weighted by Gasteiger charge is 2.18. The number of ether oxygens (including phenoxy) is 1. The van der Waals surface area contributed by atoms with Crippen molar-refractivity contribution in [3.05, 3.63) is 24.3 Å². The second-order valence-corrected chi connectivity index (χ2v) is 3.63. The molecule has 6 heteroatoms. The number of likely N-dealkylation sites (N-methyl/N-ethyl adjacent to an activating group) is 1. The Balaban J connectivity index is 2.60. The standard InChI is InChI=1S/C12H16N2O4/c1-14(7-8-15)12(17)11(16)13-9-3-5-10(18-2)6-4-9/h3-6,15H,7-8H2,1-2H3,(H,13,16). The lowest BCUT2D eigenvalue weighted by Crippen LogP contribution is -2.38.